The van der Waals surface area contributed by atoms with E-state index >= 15 is 0 Å². The Morgan fingerprint density at radius 2 is 2.40 bits per heavy atom. The highest BCUT2D eigenvalue weighted by Crippen LogP contribution is 2.02. The van der Waals surface area contributed by atoms with Gasteiger partial charge in [-0.1, -0.05) is 6.07 Å². The number of amides is 1. The number of nitrogens with one attached hydrogen (secondary N) is 2. The molecule has 0 spiro atoms. The molecule has 0 aromatic carbocycles. The third-order valence-electron chi connectivity index (χ3n) is 2.57. The highest BCUT2D eigenvalue weighted by Gasteiger charge is 2.16. The van der Waals surface area contributed by atoms with Crippen LogP contribution in [0.2, 0.25) is 0 Å². The number of piperazine rings is 1. The Kier molecular flexibility index (Phi) is 3.29. The fraction of sp³-hybridized carbons (Fsp3) is 0.455. The number of aromatic nitrogens is 1. The predicted molar refractivity (Wildman–Crippen MR) is 57.4 cm³/mol. The van der Waals surface area contributed by atoms with Crippen molar-refractivity contribution < 1.29 is 4.79 Å². The van der Waals surface area contributed by atoms with Gasteiger partial charge in [-0.2, -0.15) is 0 Å². The molecule has 2 heterocycles. The minimum atomic E-state index is 0.0871. The van der Waals surface area contributed by atoms with E-state index in [4.69, 9.17) is 0 Å². The molecule has 0 aliphatic carbocycles. The summed E-state index contributed by atoms with van der Waals surface area (Å²) in [5.74, 6) is 0.0871. The second-order valence-electron chi connectivity index (χ2n) is 3.74. The third kappa shape index (κ3) is 3.02. The average Bonchev–Trinajstić information content (AvgIpc) is 2.30. The number of hydrogen-bond acceptors (Lipinski definition) is 3. The normalized spacial score (nSPS) is 21.1. The lowest BCUT2D eigenvalue weighted by Gasteiger charge is -2.23. The number of pyridine rings is 1. The first kappa shape index (κ1) is 10.1. The molecule has 4 nitrogen and oxygen atoms in total. The van der Waals surface area contributed by atoms with Crippen molar-refractivity contribution in [2.75, 3.05) is 13.1 Å². The Morgan fingerprint density at radius 3 is 3.07 bits per heavy atom. The van der Waals surface area contributed by atoms with Crippen molar-refractivity contribution in [2.45, 2.75) is 18.9 Å². The van der Waals surface area contributed by atoms with Gasteiger partial charge < -0.3 is 10.6 Å². The monoisotopic (exact) mass is 205 g/mol. The van der Waals surface area contributed by atoms with Crippen LogP contribution >= 0.6 is 0 Å². The minimum Gasteiger partial charge on any atom is -0.353 e. The third-order valence-corrected chi connectivity index (χ3v) is 2.57. The van der Waals surface area contributed by atoms with Gasteiger partial charge in [0.1, 0.15) is 0 Å². The van der Waals surface area contributed by atoms with E-state index in [-0.39, 0.29) is 5.91 Å². The van der Waals surface area contributed by atoms with E-state index in [9.17, 15) is 4.79 Å². The van der Waals surface area contributed by atoms with Crippen molar-refractivity contribution in [1.29, 1.82) is 0 Å². The number of hydrogen-bond donors (Lipinski definition) is 2. The van der Waals surface area contributed by atoms with Gasteiger partial charge in [0.2, 0.25) is 5.91 Å². The van der Waals surface area contributed by atoms with Crippen LogP contribution in [0.3, 0.4) is 0 Å². The molecule has 15 heavy (non-hydrogen) atoms. The SMILES string of the molecule is O=C1CNC(CCc2ccccn2)CN1. The molecular formula is C11H15N3O. The Balaban J connectivity index is 1.77. The first-order valence-electron chi connectivity index (χ1n) is 5.24. The maximum absolute atomic E-state index is 10.9. The van der Waals surface area contributed by atoms with Crippen molar-refractivity contribution in [2.24, 2.45) is 0 Å². The van der Waals surface area contributed by atoms with Crippen LogP contribution in [-0.2, 0) is 11.2 Å². The van der Waals surface area contributed by atoms with Crippen LogP contribution < -0.4 is 10.6 Å². The summed E-state index contributed by atoms with van der Waals surface area (Å²) in [6.07, 6.45) is 3.77. The molecule has 1 aliphatic rings. The molecule has 0 bridgehead atoms. The molecule has 0 radical (unpaired) electrons. The molecule has 2 rings (SSSR count). The van der Waals surface area contributed by atoms with Crippen LogP contribution in [0.4, 0.5) is 0 Å². The summed E-state index contributed by atoms with van der Waals surface area (Å²) in [6.45, 7) is 1.17. The Morgan fingerprint density at radius 1 is 1.47 bits per heavy atom. The standard InChI is InChI=1S/C11H15N3O/c15-11-8-13-10(7-14-11)5-4-9-3-1-2-6-12-9/h1-3,6,10,13H,4-5,7-8H2,(H,14,15). The molecule has 1 unspecified atom stereocenters. The maximum Gasteiger partial charge on any atom is 0.234 e. The largest absolute Gasteiger partial charge is 0.353 e. The van der Waals surface area contributed by atoms with Crippen LogP contribution in [0.15, 0.2) is 24.4 Å². The zero-order valence-corrected chi connectivity index (χ0v) is 8.57. The zero-order chi connectivity index (χ0) is 10.5. The molecule has 1 amide bonds. The highest BCUT2D eigenvalue weighted by molar-refractivity contribution is 5.78. The summed E-state index contributed by atoms with van der Waals surface area (Å²) >= 11 is 0. The van der Waals surface area contributed by atoms with E-state index in [0.29, 0.717) is 12.6 Å². The van der Waals surface area contributed by atoms with Crippen molar-refractivity contribution in [3.63, 3.8) is 0 Å². The molecule has 80 valence electrons. The Hall–Kier alpha value is -1.42. The second kappa shape index (κ2) is 4.89. The Bertz CT molecular complexity index is 316. The molecule has 1 saturated heterocycles. The van der Waals surface area contributed by atoms with E-state index in [2.05, 4.69) is 15.6 Å². The zero-order valence-electron chi connectivity index (χ0n) is 8.57. The lowest BCUT2D eigenvalue weighted by Crippen LogP contribution is -2.51. The van der Waals surface area contributed by atoms with E-state index in [1.807, 2.05) is 24.4 Å². The van der Waals surface area contributed by atoms with E-state index in [0.717, 1.165) is 25.1 Å². The van der Waals surface area contributed by atoms with Gasteiger partial charge >= 0.3 is 0 Å². The molecule has 1 aromatic heterocycles. The number of aryl methyl sites for hydroxylation is 1. The van der Waals surface area contributed by atoms with Crippen molar-refractivity contribution in [3.05, 3.63) is 30.1 Å². The fourth-order valence-corrected chi connectivity index (χ4v) is 1.68. The summed E-state index contributed by atoms with van der Waals surface area (Å²) in [4.78, 5) is 15.2. The summed E-state index contributed by atoms with van der Waals surface area (Å²) < 4.78 is 0. The van der Waals surface area contributed by atoms with E-state index < -0.39 is 0 Å². The van der Waals surface area contributed by atoms with Crippen molar-refractivity contribution in [3.8, 4) is 0 Å². The van der Waals surface area contributed by atoms with Crippen LogP contribution in [0, 0.1) is 0 Å². The maximum atomic E-state index is 10.9. The lowest BCUT2D eigenvalue weighted by molar-refractivity contribution is -0.121. The van der Waals surface area contributed by atoms with Crippen LogP contribution in [0.1, 0.15) is 12.1 Å². The number of carbonyl (C=O) groups excluding carboxylic acids is 1. The molecule has 1 atom stereocenters. The van der Waals surface area contributed by atoms with Gasteiger partial charge in [0.15, 0.2) is 0 Å². The fourth-order valence-electron chi connectivity index (χ4n) is 1.68. The highest BCUT2D eigenvalue weighted by atomic mass is 16.2. The lowest BCUT2D eigenvalue weighted by atomic mass is 10.1. The first-order chi connectivity index (χ1) is 7.34. The smallest absolute Gasteiger partial charge is 0.234 e. The molecule has 4 heteroatoms. The quantitative estimate of drug-likeness (QED) is 0.736. The summed E-state index contributed by atoms with van der Waals surface area (Å²) in [6, 6.07) is 6.33. The molecule has 1 aliphatic heterocycles. The molecule has 1 aromatic rings. The summed E-state index contributed by atoms with van der Waals surface area (Å²) in [5, 5.41) is 6.05. The summed E-state index contributed by atoms with van der Waals surface area (Å²) in [7, 11) is 0. The second-order valence-corrected chi connectivity index (χ2v) is 3.74. The van der Waals surface area contributed by atoms with Crippen LogP contribution in [-0.4, -0.2) is 30.0 Å². The van der Waals surface area contributed by atoms with Gasteiger partial charge in [-0.25, -0.2) is 0 Å². The van der Waals surface area contributed by atoms with Crippen molar-refractivity contribution in [1.82, 2.24) is 15.6 Å². The van der Waals surface area contributed by atoms with Crippen LogP contribution in [0.5, 0.6) is 0 Å². The van der Waals surface area contributed by atoms with Crippen LogP contribution in [0.25, 0.3) is 0 Å². The van der Waals surface area contributed by atoms with Gasteiger partial charge in [-0.15, -0.1) is 0 Å². The number of rotatable bonds is 3. The van der Waals surface area contributed by atoms with Gasteiger partial charge in [-0.3, -0.25) is 9.78 Å². The molecule has 0 saturated carbocycles. The molecular weight excluding hydrogens is 190 g/mol. The van der Waals surface area contributed by atoms with Gasteiger partial charge in [0.25, 0.3) is 0 Å². The first-order valence-corrected chi connectivity index (χ1v) is 5.24. The molecule has 1 fully saturated rings. The molecule has 2 N–H and O–H groups in total. The Labute approximate surface area is 89.1 Å². The average molecular weight is 205 g/mol. The number of carbonyl (C=O) groups is 1. The van der Waals surface area contributed by atoms with E-state index in [1.165, 1.54) is 0 Å². The van der Waals surface area contributed by atoms with Crippen molar-refractivity contribution >= 4 is 5.91 Å². The van der Waals surface area contributed by atoms with Gasteiger partial charge in [0.05, 0.1) is 6.54 Å². The topological polar surface area (TPSA) is 54.0 Å². The van der Waals surface area contributed by atoms with E-state index in [1.54, 1.807) is 0 Å². The van der Waals surface area contributed by atoms with Gasteiger partial charge in [-0.05, 0) is 25.0 Å². The van der Waals surface area contributed by atoms with Gasteiger partial charge in [0, 0.05) is 24.5 Å². The minimum absolute atomic E-state index is 0.0871. The predicted octanol–water partition coefficient (Wildman–Crippen LogP) is 0.102. The number of nitrogens with zero attached hydrogens (tertiary/aromatic N) is 1. The summed E-state index contributed by atoms with van der Waals surface area (Å²) in [5.41, 5.74) is 1.11.